The second-order valence-corrected chi connectivity index (χ2v) is 6.31. The summed E-state index contributed by atoms with van der Waals surface area (Å²) in [7, 11) is 0. The van der Waals surface area contributed by atoms with Gasteiger partial charge in [0.25, 0.3) is 5.91 Å². The number of nitrogens with zero attached hydrogens (tertiary/aromatic N) is 2. The van der Waals surface area contributed by atoms with Crippen molar-refractivity contribution in [3.8, 4) is 0 Å². The average molecular weight is 316 g/mol. The van der Waals surface area contributed by atoms with Crippen LogP contribution >= 0.6 is 0 Å². The van der Waals surface area contributed by atoms with E-state index in [0.717, 1.165) is 5.56 Å². The molecule has 6 heteroatoms. The molecule has 0 aliphatic rings. The van der Waals surface area contributed by atoms with E-state index in [1.807, 2.05) is 20.8 Å². The molecule has 2 aromatic rings. The predicted molar refractivity (Wildman–Crippen MR) is 87.8 cm³/mol. The summed E-state index contributed by atoms with van der Waals surface area (Å²) in [6, 6.07) is 9.58. The lowest BCUT2D eigenvalue weighted by atomic mass is 10.1. The monoisotopic (exact) mass is 316 g/mol. The zero-order chi connectivity index (χ0) is 16.9. The van der Waals surface area contributed by atoms with Crippen LogP contribution in [-0.2, 0) is 6.42 Å². The van der Waals surface area contributed by atoms with Crippen LogP contribution in [0.3, 0.4) is 0 Å². The van der Waals surface area contributed by atoms with Gasteiger partial charge in [-0.1, -0.05) is 12.1 Å². The third-order valence-corrected chi connectivity index (χ3v) is 3.01. The predicted octanol–water partition coefficient (Wildman–Crippen LogP) is 2.80. The van der Waals surface area contributed by atoms with Crippen molar-refractivity contribution >= 4 is 11.7 Å². The van der Waals surface area contributed by atoms with Crippen LogP contribution in [0.15, 0.2) is 36.4 Å². The van der Waals surface area contributed by atoms with Gasteiger partial charge < -0.3 is 10.6 Å². The van der Waals surface area contributed by atoms with Crippen molar-refractivity contribution in [3.05, 3.63) is 53.5 Å². The van der Waals surface area contributed by atoms with Crippen LogP contribution in [0.25, 0.3) is 0 Å². The normalized spacial score (nSPS) is 11.1. The van der Waals surface area contributed by atoms with Gasteiger partial charge in [0.2, 0.25) is 0 Å². The van der Waals surface area contributed by atoms with Gasteiger partial charge in [0.1, 0.15) is 11.6 Å². The maximum Gasteiger partial charge on any atom is 0.271 e. The smallest absolute Gasteiger partial charge is 0.271 e. The van der Waals surface area contributed by atoms with Gasteiger partial charge in [-0.25, -0.2) is 4.39 Å². The Balaban J connectivity index is 1.84. The Morgan fingerprint density at radius 2 is 1.78 bits per heavy atom. The number of benzene rings is 1. The lowest BCUT2D eigenvalue weighted by Gasteiger charge is -2.20. The molecule has 0 saturated heterocycles. The Labute approximate surface area is 135 Å². The molecule has 1 aromatic carbocycles. The van der Waals surface area contributed by atoms with Crippen LogP contribution in [0.1, 0.15) is 36.8 Å². The van der Waals surface area contributed by atoms with Gasteiger partial charge in [0, 0.05) is 12.1 Å². The highest BCUT2D eigenvalue weighted by atomic mass is 19.1. The SMILES string of the molecule is CC(C)(C)Nc1ccc(C(=O)NCCc2ccc(F)cc2)nn1. The summed E-state index contributed by atoms with van der Waals surface area (Å²) < 4.78 is 12.8. The van der Waals surface area contributed by atoms with Crippen molar-refractivity contribution in [3.63, 3.8) is 0 Å². The van der Waals surface area contributed by atoms with Gasteiger partial charge in [-0.05, 0) is 57.0 Å². The minimum Gasteiger partial charge on any atom is -0.364 e. The Morgan fingerprint density at radius 3 is 2.35 bits per heavy atom. The molecular weight excluding hydrogens is 295 g/mol. The largest absolute Gasteiger partial charge is 0.364 e. The first-order valence-electron chi connectivity index (χ1n) is 7.48. The first-order valence-corrected chi connectivity index (χ1v) is 7.48. The van der Waals surface area contributed by atoms with Gasteiger partial charge in [0.15, 0.2) is 5.69 Å². The molecule has 0 aliphatic carbocycles. The van der Waals surface area contributed by atoms with E-state index in [1.54, 1.807) is 24.3 Å². The van der Waals surface area contributed by atoms with Gasteiger partial charge >= 0.3 is 0 Å². The molecule has 2 rings (SSSR count). The number of rotatable bonds is 5. The first-order chi connectivity index (χ1) is 10.8. The Morgan fingerprint density at radius 1 is 1.09 bits per heavy atom. The minimum atomic E-state index is -0.276. The number of amides is 1. The van der Waals surface area contributed by atoms with Crippen molar-refractivity contribution in [1.29, 1.82) is 0 Å². The Bertz CT molecular complexity index is 648. The minimum absolute atomic E-state index is 0.117. The quantitative estimate of drug-likeness (QED) is 0.890. The summed E-state index contributed by atoms with van der Waals surface area (Å²) in [6.45, 7) is 6.51. The van der Waals surface area contributed by atoms with Crippen molar-refractivity contribution in [1.82, 2.24) is 15.5 Å². The fourth-order valence-electron chi connectivity index (χ4n) is 1.97. The number of hydrogen-bond donors (Lipinski definition) is 2. The van der Waals surface area contributed by atoms with Crippen LogP contribution in [-0.4, -0.2) is 28.2 Å². The molecule has 0 spiro atoms. The van der Waals surface area contributed by atoms with E-state index >= 15 is 0 Å². The molecule has 1 aromatic heterocycles. The highest BCUT2D eigenvalue weighted by molar-refractivity contribution is 5.92. The number of halogens is 1. The standard InChI is InChI=1S/C17H21FN4O/c1-17(2,3)20-15-9-8-14(21-22-15)16(23)19-11-10-12-4-6-13(18)7-5-12/h4-9H,10-11H2,1-3H3,(H,19,23)(H,20,22). The average Bonchev–Trinajstić information content (AvgIpc) is 2.48. The lowest BCUT2D eigenvalue weighted by Crippen LogP contribution is -2.28. The molecule has 122 valence electrons. The van der Waals surface area contributed by atoms with E-state index in [9.17, 15) is 9.18 Å². The number of carbonyl (C=O) groups excluding carboxylic acids is 1. The highest BCUT2D eigenvalue weighted by Gasteiger charge is 2.12. The van der Waals surface area contributed by atoms with Crippen LogP contribution in [0.5, 0.6) is 0 Å². The zero-order valence-electron chi connectivity index (χ0n) is 13.6. The van der Waals surface area contributed by atoms with E-state index < -0.39 is 0 Å². The van der Waals surface area contributed by atoms with Gasteiger partial charge in [-0.15, -0.1) is 10.2 Å². The highest BCUT2D eigenvalue weighted by Crippen LogP contribution is 2.10. The van der Waals surface area contributed by atoms with Crippen molar-refractivity contribution < 1.29 is 9.18 Å². The summed E-state index contributed by atoms with van der Waals surface area (Å²) in [4.78, 5) is 12.0. The zero-order valence-corrected chi connectivity index (χ0v) is 13.6. The molecule has 1 amide bonds. The molecule has 0 radical (unpaired) electrons. The summed E-state index contributed by atoms with van der Waals surface area (Å²) in [6.07, 6.45) is 0.628. The lowest BCUT2D eigenvalue weighted by molar-refractivity contribution is 0.0948. The van der Waals surface area contributed by atoms with Crippen molar-refractivity contribution in [2.75, 3.05) is 11.9 Å². The molecule has 0 bridgehead atoms. The number of nitrogens with one attached hydrogen (secondary N) is 2. The van der Waals surface area contributed by atoms with Crippen molar-refractivity contribution in [2.24, 2.45) is 0 Å². The molecule has 0 aliphatic heterocycles. The maximum atomic E-state index is 12.8. The van der Waals surface area contributed by atoms with Crippen LogP contribution in [0.2, 0.25) is 0 Å². The van der Waals surface area contributed by atoms with Gasteiger partial charge in [-0.2, -0.15) is 0 Å². The number of hydrogen-bond acceptors (Lipinski definition) is 4. The molecule has 0 unspecified atom stereocenters. The molecule has 0 atom stereocenters. The topological polar surface area (TPSA) is 66.9 Å². The number of carbonyl (C=O) groups is 1. The molecule has 5 nitrogen and oxygen atoms in total. The fraction of sp³-hybridized carbons (Fsp3) is 0.353. The van der Waals surface area contributed by atoms with Crippen LogP contribution < -0.4 is 10.6 Å². The van der Waals surface area contributed by atoms with Crippen molar-refractivity contribution in [2.45, 2.75) is 32.7 Å². The summed E-state index contributed by atoms with van der Waals surface area (Å²) >= 11 is 0. The fourth-order valence-corrected chi connectivity index (χ4v) is 1.97. The van der Waals surface area contributed by atoms with E-state index in [4.69, 9.17) is 0 Å². The van der Waals surface area contributed by atoms with E-state index in [0.29, 0.717) is 18.8 Å². The van der Waals surface area contributed by atoms with Gasteiger partial charge in [0.05, 0.1) is 0 Å². The van der Waals surface area contributed by atoms with Crippen LogP contribution in [0.4, 0.5) is 10.2 Å². The van der Waals surface area contributed by atoms with Crippen LogP contribution in [0, 0.1) is 5.82 Å². The molecule has 1 heterocycles. The third kappa shape index (κ3) is 5.65. The number of aromatic nitrogens is 2. The van der Waals surface area contributed by atoms with E-state index in [1.165, 1.54) is 12.1 Å². The Kier molecular flexibility index (Phi) is 5.26. The maximum absolute atomic E-state index is 12.8. The summed E-state index contributed by atoms with van der Waals surface area (Å²) in [5.41, 5.74) is 1.11. The number of anilines is 1. The molecule has 2 N–H and O–H groups in total. The molecule has 23 heavy (non-hydrogen) atoms. The summed E-state index contributed by atoms with van der Waals surface area (Å²) in [5.74, 6) is 0.0827. The second-order valence-electron chi connectivity index (χ2n) is 6.31. The first kappa shape index (κ1) is 16.9. The third-order valence-electron chi connectivity index (χ3n) is 3.01. The summed E-state index contributed by atoms with van der Waals surface area (Å²) in [5, 5.41) is 13.9. The van der Waals surface area contributed by atoms with E-state index in [2.05, 4.69) is 20.8 Å². The molecular formula is C17H21FN4O. The van der Waals surface area contributed by atoms with E-state index in [-0.39, 0.29) is 23.0 Å². The Hall–Kier alpha value is -2.50. The second kappa shape index (κ2) is 7.17. The molecule has 0 fully saturated rings. The van der Waals surface area contributed by atoms with Gasteiger partial charge in [-0.3, -0.25) is 4.79 Å². The molecule has 0 saturated carbocycles.